The quantitative estimate of drug-likeness (QED) is 0.513. The molecule has 9 heteroatoms. The van der Waals surface area contributed by atoms with Gasteiger partial charge in [-0.05, 0) is 50.2 Å². The first-order valence-corrected chi connectivity index (χ1v) is 9.33. The highest BCUT2D eigenvalue weighted by Gasteiger charge is 2.35. The number of alkyl halides is 2. The molecule has 1 unspecified atom stereocenters. The molecule has 0 saturated carbocycles. The fraction of sp³-hybridized carbons (Fsp3) is 0.474. The molecule has 1 aliphatic heterocycles. The third kappa shape index (κ3) is 4.70. The van der Waals surface area contributed by atoms with E-state index >= 15 is 0 Å². The van der Waals surface area contributed by atoms with Crippen molar-refractivity contribution in [1.82, 2.24) is 10.2 Å². The Labute approximate surface area is 168 Å². The molecule has 0 aliphatic carbocycles. The van der Waals surface area contributed by atoms with E-state index in [-0.39, 0.29) is 18.1 Å². The topological polar surface area (TPSA) is 60.0 Å². The predicted molar refractivity (Wildman–Crippen MR) is 104 cm³/mol. The van der Waals surface area contributed by atoms with Crippen molar-refractivity contribution in [2.75, 3.05) is 20.3 Å². The lowest BCUT2D eigenvalue weighted by Crippen LogP contribution is -2.48. The number of allylic oxidation sites excluding steroid dienone is 1. The molecule has 0 saturated heterocycles. The van der Waals surface area contributed by atoms with Crippen LogP contribution in [0.5, 0.6) is 11.5 Å². The van der Waals surface area contributed by atoms with Crippen molar-refractivity contribution < 1.29 is 27.8 Å². The molecule has 0 spiro atoms. The van der Waals surface area contributed by atoms with Crippen molar-refractivity contribution in [3.8, 4) is 11.5 Å². The lowest BCUT2D eigenvalue weighted by molar-refractivity contribution is -0.139. The van der Waals surface area contributed by atoms with Crippen molar-refractivity contribution in [2.24, 2.45) is 0 Å². The van der Waals surface area contributed by atoms with Crippen LogP contribution < -0.4 is 14.8 Å². The van der Waals surface area contributed by atoms with E-state index in [2.05, 4.69) is 10.1 Å². The third-order valence-electron chi connectivity index (χ3n) is 4.28. The highest BCUT2D eigenvalue weighted by atomic mass is 32.1. The molecule has 154 valence electrons. The Morgan fingerprint density at radius 1 is 1.32 bits per heavy atom. The fourth-order valence-electron chi connectivity index (χ4n) is 3.05. The number of methoxy groups -OCH3 is 1. The van der Waals surface area contributed by atoms with Gasteiger partial charge in [-0.15, -0.1) is 0 Å². The molecule has 1 aromatic carbocycles. The third-order valence-corrected chi connectivity index (χ3v) is 4.61. The molecular formula is C19H24F2N2O4S. The SMILES string of the molecule is CCCN1C(=S)NC(c2ccc(OC(F)F)c(OC)c2)C(C(=O)OCC)=C1C. The highest BCUT2D eigenvalue weighted by molar-refractivity contribution is 7.80. The second-order valence-electron chi connectivity index (χ2n) is 6.04. The van der Waals surface area contributed by atoms with Crippen LogP contribution in [0.25, 0.3) is 0 Å². The zero-order valence-corrected chi connectivity index (χ0v) is 17.1. The number of thiocarbonyl (C=S) groups is 1. The average molecular weight is 414 g/mol. The van der Waals surface area contributed by atoms with Crippen molar-refractivity contribution in [3.63, 3.8) is 0 Å². The van der Waals surface area contributed by atoms with Crippen molar-refractivity contribution >= 4 is 23.3 Å². The van der Waals surface area contributed by atoms with Gasteiger partial charge >= 0.3 is 12.6 Å². The van der Waals surface area contributed by atoms with Gasteiger partial charge in [-0.25, -0.2) is 4.79 Å². The van der Waals surface area contributed by atoms with E-state index in [0.717, 1.165) is 6.42 Å². The van der Waals surface area contributed by atoms with Crippen molar-refractivity contribution in [2.45, 2.75) is 39.8 Å². The molecule has 1 atom stereocenters. The number of hydrogen-bond donors (Lipinski definition) is 1. The van der Waals surface area contributed by atoms with Crippen LogP contribution >= 0.6 is 12.2 Å². The van der Waals surface area contributed by atoms with Gasteiger partial charge in [0.25, 0.3) is 0 Å². The summed E-state index contributed by atoms with van der Waals surface area (Å²) in [5.74, 6) is -0.430. The number of benzene rings is 1. The molecule has 0 radical (unpaired) electrons. The Balaban J connectivity index is 2.52. The Bertz CT molecular complexity index is 770. The molecule has 28 heavy (non-hydrogen) atoms. The number of carbonyl (C=O) groups is 1. The van der Waals surface area contributed by atoms with Gasteiger partial charge in [0.05, 0.1) is 25.3 Å². The maximum Gasteiger partial charge on any atom is 0.387 e. The number of ether oxygens (including phenoxy) is 3. The number of nitrogens with one attached hydrogen (secondary N) is 1. The van der Waals surface area contributed by atoms with Crippen LogP contribution in [0.3, 0.4) is 0 Å². The Kier molecular flexibility index (Phi) is 7.56. The first-order chi connectivity index (χ1) is 13.3. The maximum absolute atomic E-state index is 12.7. The molecule has 0 fully saturated rings. The molecular weight excluding hydrogens is 390 g/mol. The summed E-state index contributed by atoms with van der Waals surface area (Å²) < 4.78 is 40.0. The summed E-state index contributed by atoms with van der Waals surface area (Å²) in [6, 6.07) is 3.90. The Morgan fingerprint density at radius 3 is 2.61 bits per heavy atom. The highest BCUT2D eigenvalue weighted by Crippen LogP contribution is 2.36. The van der Waals surface area contributed by atoms with Crippen molar-refractivity contribution in [3.05, 3.63) is 35.0 Å². The van der Waals surface area contributed by atoms with E-state index in [1.54, 1.807) is 19.1 Å². The Hall–Kier alpha value is -2.42. The fourth-order valence-corrected chi connectivity index (χ4v) is 3.40. The molecule has 1 heterocycles. The van der Waals surface area contributed by atoms with Gasteiger partial charge in [0.1, 0.15) is 0 Å². The minimum absolute atomic E-state index is 0.0920. The first-order valence-electron chi connectivity index (χ1n) is 8.92. The summed E-state index contributed by atoms with van der Waals surface area (Å²) in [6.07, 6.45) is 0.841. The van der Waals surface area contributed by atoms with Gasteiger partial charge in [-0.1, -0.05) is 13.0 Å². The summed E-state index contributed by atoms with van der Waals surface area (Å²) in [6.45, 7) is 3.46. The van der Waals surface area contributed by atoms with E-state index in [1.165, 1.54) is 13.2 Å². The molecule has 0 amide bonds. The number of halogens is 2. The lowest BCUT2D eigenvalue weighted by atomic mass is 9.94. The number of rotatable bonds is 8. The van der Waals surface area contributed by atoms with E-state index in [0.29, 0.717) is 28.5 Å². The molecule has 6 nitrogen and oxygen atoms in total. The van der Waals surface area contributed by atoms with Gasteiger partial charge in [0.2, 0.25) is 0 Å². The van der Waals surface area contributed by atoms with Crippen LogP contribution in [-0.2, 0) is 9.53 Å². The van der Waals surface area contributed by atoms with Crippen LogP contribution in [0.1, 0.15) is 38.8 Å². The van der Waals surface area contributed by atoms with Gasteiger partial charge < -0.3 is 24.4 Å². The average Bonchev–Trinajstić information content (AvgIpc) is 2.64. The van der Waals surface area contributed by atoms with Crippen LogP contribution in [0.2, 0.25) is 0 Å². The number of carbonyl (C=O) groups excluding carboxylic acids is 1. The maximum atomic E-state index is 12.7. The Morgan fingerprint density at radius 2 is 2.04 bits per heavy atom. The standard InChI is InChI=1S/C19H24F2N2O4S/c1-5-9-23-11(3)15(17(24)26-6-2)16(22-19(23)28)12-7-8-13(27-18(20)21)14(10-12)25-4/h7-8,10,16,18H,5-6,9H2,1-4H3,(H,22,28). The second kappa shape index (κ2) is 9.68. The van der Waals surface area contributed by atoms with Gasteiger partial charge in [0, 0.05) is 12.2 Å². The first kappa shape index (κ1) is 21.9. The minimum Gasteiger partial charge on any atom is -0.493 e. The van der Waals surface area contributed by atoms with Gasteiger partial charge in [-0.3, -0.25) is 0 Å². The predicted octanol–water partition coefficient (Wildman–Crippen LogP) is 3.77. The van der Waals surface area contributed by atoms with Gasteiger partial charge in [0.15, 0.2) is 16.6 Å². The molecule has 1 aliphatic rings. The molecule has 0 bridgehead atoms. The monoisotopic (exact) mass is 414 g/mol. The summed E-state index contributed by atoms with van der Waals surface area (Å²) in [7, 11) is 1.35. The summed E-state index contributed by atoms with van der Waals surface area (Å²) in [4.78, 5) is 14.5. The molecule has 0 aromatic heterocycles. The normalized spacial score (nSPS) is 16.9. The van der Waals surface area contributed by atoms with E-state index < -0.39 is 18.6 Å². The van der Waals surface area contributed by atoms with Crippen LogP contribution in [0.15, 0.2) is 29.5 Å². The minimum atomic E-state index is -2.97. The summed E-state index contributed by atoms with van der Waals surface area (Å²) >= 11 is 5.47. The van der Waals surface area contributed by atoms with Crippen LogP contribution in [0, 0.1) is 0 Å². The smallest absolute Gasteiger partial charge is 0.387 e. The zero-order chi connectivity index (χ0) is 20.8. The summed E-state index contributed by atoms with van der Waals surface area (Å²) in [5, 5.41) is 3.63. The van der Waals surface area contributed by atoms with Crippen molar-refractivity contribution in [1.29, 1.82) is 0 Å². The van der Waals surface area contributed by atoms with Crippen LogP contribution in [-0.4, -0.2) is 42.9 Å². The number of hydrogen-bond acceptors (Lipinski definition) is 5. The molecule has 1 N–H and O–H groups in total. The van der Waals surface area contributed by atoms with Crippen LogP contribution in [0.4, 0.5) is 8.78 Å². The van der Waals surface area contributed by atoms with E-state index in [1.807, 2.05) is 18.7 Å². The number of esters is 1. The lowest BCUT2D eigenvalue weighted by Gasteiger charge is -2.37. The summed E-state index contributed by atoms with van der Waals surface area (Å²) in [5.41, 5.74) is 1.72. The van der Waals surface area contributed by atoms with E-state index in [4.69, 9.17) is 21.7 Å². The van der Waals surface area contributed by atoms with Gasteiger partial charge in [-0.2, -0.15) is 8.78 Å². The number of nitrogens with zero attached hydrogens (tertiary/aromatic N) is 1. The zero-order valence-electron chi connectivity index (χ0n) is 16.3. The molecule has 2 rings (SSSR count). The second-order valence-corrected chi connectivity index (χ2v) is 6.43. The van der Waals surface area contributed by atoms with E-state index in [9.17, 15) is 13.6 Å². The molecule has 1 aromatic rings. The largest absolute Gasteiger partial charge is 0.493 e.